The lowest BCUT2D eigenvalue weighted by Crippen LogP contribution is -2.54. The van der Waals surface area contributed by atoms with Gasteiger partial charge >= 0.3 is 0 Å². The SMILES string of the molecule is O=C(c1ccccc1Cl)N1CC(OCc2ccc(F)cc2)C1. The molecule has 0 saturated carbocycles. The maximum Gasteiger partial charge on any atom is 0.255 e. The van der Waals surface area contributed by atoms with Crippen molar-refractivity contribution in [2.75, 3.05) is 13.1 Å². The van der Waals surface area contributed by atoms with Gasteiger partial charge in [0.2, 0.25) is 0 Å². The molecule has 1 fully saturated rings. The number of amides is 1. The molecular formula is C17H15ClFNO2. The second-order valence-electron chi connectivity index (χ2n) is 5.25. The van der Waals surface area contributed by atoms with Crippen molar-refractivity contribution in [2.24, 2.45) is 0 Å². The molecule has 0 atom stereocenters. The molecule has 1 amide bonds. The van der Waals surface area contributed by atoms with E-state index in [4.69, 9.17) is 16.3 Å². The fourth-order valence-electron chi connectivity index (χ4n) is 2.31. The van der Waals surface area contributed by atoms with Crippen molar-refractivity contribution in [1.29, 1.82) is 0 Å². The Kier molecular flexibility index (Phi) is 4.41. The van der Waals surface area contributed by atoms with Gasteiger partial charge in [0.25, 0.3) is 5.91 Å². The molecular weight excluding hydrogens is 305 g/mol. The Labute approximate surface area is 133 Å². The van der Waals surface area contributed by atoms with Crippen molar-refractivity contribution in [2.45, 2.75) is 12.7 Å². The first-order valence-corrected chi connectivity index (χ1v) is 7.41. The van der Waals surface area contributed by atoms with Crippen LogP contribution in [0.4, 0.5) is 4.39 Å². The Balaban J connectivity index is 1.49. The molecule has 2 aromatic carbocycles. The van der Waals surface area contributed by atoms with Gasteiger partial charge in [0.05, 0.1) is 23.3 Å². The minimum Gasteiger partial charge on any atom is -0.370 e. The van der Waals surface area contributed by atoms with Gasteiger partial charge in [-0.1, -0.05) is 35.9 Å². The Bertz CT molecular complexity index is 669. The van der Waals surface area contributed by atoms with E-state index in [1.54, 1.807) is 41.3 Å². The number of nitrogens with zero attached hydrogens (tertiary/aromatic N) is 1. The van der Waals surface area contributed by atoms with E-state index in [-0.39, 0.29) is 17.8 Å². The average molecular weight is 320 g/mol. The van der Waals surface area contributed by atoms with Crippen LogP contribution in [0.5, 0.6) is 0 Å². The summed E-state index contributed by atoms with van der Waals surface area (Å²) in [6.45, 7) is 1.51. The minimum atomic E-state index is -0.260. The lowest BCUT2D eigenvalue weighted by atomic mass is 10.1. The summed E-state index contributed by atoms with van der Waals surface area (Å²) in [6, 6.07) is 13.2. The Morgan fingerprint density at radius 3 is 2.55 bits per heavy atom. The molecule has 0 bridgehead atoms. The maximum absolute atomic E-state index is 12.8. The van der Waals surface area contributed by atoms with Gasteiger partial charge in [0.1, 0.15) is 5.82 Å². The highest BCUT2D eigenvalue weighted by Gasteiger charge is 2.32. The van der Waals surface area contributed by atoms with Gasteiger partial charge in [-0.15, -0.1) is 0 Å². The summed E-state index contributed by atoms with van der Waals surface area (Å²) >= 11 is 6.03. The third kappa shape index (κ3) is 3.29. The fourth-order valence-corrected chi connectivity index (χ4v) is 2.53. The first kappa shape index (κ1) is 15.0. The number of rotatable bonds is 4. The Hall–Kier alpha value is -1.91. The van der Waals surface area contributed by atoms with Crippen molar-refractivity contribution in [3.63, 3.8) is 0 Å². The number of likely N-dealkylation sites (tertiary alicyclic amines) is 1. The predicted octanol–water partition coefficient (Wildman–Crippen LogP) is 3.52. The highest BCUT2D eigenvalue weighted by Crippen LogP contribution is 2.22. The molecule has 0 aliphatic carbocycles. The fraction of sp³-hybridized carbons (Fsp3) is 0.235. The van der Waals surface area contributed by atoms with Gasteiger partial charge in [-0.05, 0) is 29.8 Å². The van der Waals surface area contributed by atoms with Gasteiger partial charge < -0.3 is 9.64 Å². The zero-order valence-corrected chi connectivity index (χ0v) is 12.6. The number of hydrogen-bond acceptors (Lipinski definition) is 2. The van der Waals surface area contributed by atoms with Crippen LogP contribution in [0.1, 0.15) is 15.9 Å². The molecule has 0 spiro atoms. The van der Waals surface area contributed by atoms with Crippen molar-refractivity contribution < 1.29 is 13.9 Å². The minimum absolute atomic E-state index is 0.0106. The number of ether oxygens (including phenoxy) is 1. The summed E-state index contributed by atoms with van der Waals surface area (Å²) in [5.74, 6) is -0.337. The van der Waals surface area contributed by atoms with Crippen LogP contribution < -0.4 is 0 Å². The molecule has 1 saturated heterocycles. The summed E-state index contributed by atoms with van der Waals surface area (Å²) in [7, 11) is 0. The molecule has 0 aromatic heterocycles. The van der Waals surface area contributed by atoms with E-state index >= 15 is 0 Å². The first-order valence-electron chi connectivity index (χ1n) is 7.03. The normalized spacial score (nSPS) is 14.7. The third-order valence-corrected chi connectivity index (χ3v) is 3.97. The molecule has 22 heavy (non-hydrogen) atoms. The van der Waals surface area contributed by atoms with E-state index in [0.29, 0.717) is 30.3 Å². The first-order chi connectivity index (χ1) is 10.6. The van der Waals surface area contributed by atoms with Gasteiger partial charge in [0.15, 0.2) is 0 Å². The summed E-state index contributed by atoms with van der Waals surface area (Å²) < 4.78 is 18.5. The van der Waals surface area contributed by atoms with E-state index in [1.807, 2.05) is 0 Å². The standard InChI is InChI=1S/C17H15ClFNO2/c18-16-4-2-1-3-15(16)17(21)20-9-14(10-20)22-11-12-5-7-13(19)8-6-12/h1-8,14H,9-11H2. The largest absolute Gasteiger partial charge is 0.370 e. The van der Waals surface area contributed by atoms with Gasteiger partial charge in [-0.2, -0.15) is 0 Å². The predicted molar refractivity (Wildman–Crippen MR) is 82.3 cm³/mol. The van der Waals surface area contributed by atoms with Gasteiger partial charge in [0, 0.05) is 13.1 Å². The topological polar surface area (TPSA) is 29.5 Å². The van der Waals surface area contributed by atoms with E-state index in [9.17, 15) is 9.18 Å². The number of benzene rings is 2. The number of carbonyl (C=O) groups excluding carboxylic acids is 1. The van der Waals surface area contributed by atoms with Gasteiger partial charge in [-0.3, -0.25) is 4.79 Å². The molecule has 114 valence electrons. The molecule has 3 nitrogen and oxygen atoms in total. The Morgan fingerprint density at radius 1 is 1.18 bits per heavy atom. The molecule has 2 aromatic rings. The number of hydrogen-bond donors (Lipinski definition) is 0. The lowest BCUT2D eigenvalue weighted by molar-refractivity contribution is -0.0503. The van der Waals surface area contributed by atoms with Crippen LogP contribution in [-0.4, -0.2) is 30.0 Å². The van der Waals surface area contributed by atoms with Crippen LogP contribution in [0.2, 0.25) is 5.02 Å². The zero-order chi connectivity index (χ0) is 15.5. The van der Waals surface area contributed by atoms with E-state index in [2.05, 4.69) is 0 Å². The van der Waals surface area contributed by atoms with E-state index in [1.165, 1.54) is 12.1 Å². The summed E-state index contributed by atoms with van der Waals surface area (Å²) in [5.41, 5.74) is 1.43. The third-order valence-electron chi connectivity index (χ3n) is 3.64. The van der Waals surface area contributed by atoms with Crippen LogP contribution in [0.3, 0.4) is 0 Å². The van der Waals surface area contributed by atoms with E-state index in [0.717, 1.165) is 5.56 Å². The monoisotopic (exact) mass is 319 g/mol. The van der Waals surface area contributed by atoms with E-state index < -0.39 is 0 Å². The Morgan fingerprint density at radius 2 is 1.86 bits per heavy atom. The molecule has 0 radical (unpaired) electrons. The van der Waals surface area contributed by atoms with Crippen LogP contribution in [0, 0.1) is 5.82 Å². The molecule has 5 heteroatoms. The highest BCUT2D eigenvalue weighted by atomic mass is 35.5. The van der Waals surface area contributed by atoms with Crippen molar-refractivity contribution in [3.8, 4) is 0 Å². The molecule has 0 N–H and O–H groups in total. The van der Waals surface area contributed by atoms with Crippen molar-refractivity contribution in [1.82, 2.24) is 4.90 Å². The molecule has 1 aliphatic rings. The quantitative estimate of drug-likeness (QED) is 0.863. The maximum atomic E-state index is 12.8. The van der Waals surface area contributed by atoms with Crippen LogP contribution in [-0.2, 0) is 11.3 Å². The van der Waals surface area contributed by atoms with Crippen molar-refractivity contribution in [3.05, 3.63) is 70.5 Å². The van der Waals surface area contributed by atoms with Crippen LogP contribution in [0.25, 0.3) is 0 Å². The zero-order valence-electron chi connectivity index (χ0n) is 11.8. The molecule has 1 aliphatic heterocycles. The van der Waals surface area contributed by atoms with Crippen LogP contribution >= 0.6 is 11.6 Å². The summed E-state index contributed by atoms with van der Waals surface area (Å²) in [4.78, 5) is 14.0. The number of halogens is 2. The number of carbonyl (C=O) groups is 1. The smallest absolute Gasteiger partial charge is 0.255 e. The molecule has 3 rings (SSSR count). The second-order valence-corrected chi connectivity index (χ2v) is 5.66. The summed E-state index contributed by atoms with van der Waals surface area (Å²) in [5, 5.41) is 0.461. The molecule has 0 unspecified atom stereocenters. The second kappa shape index (κ2) is 6.46. The molecule has 1 heterocycles. The van der Waals surface area contributed by atoms with Gasteiger partial charge in [-0.25, -0.2) is 4.39 Å². The average Bonchev–Trinajstić information content (AvgIpc) is 2.47. The highest BCUT2D eigenvalue weighted by molar-refractivity contribution is 6.33. The lowest BCUT2D eigenvalue weighted by Gasteiger charge is -2.39. The van der Waals surface area contributed by atoms with Crippen molar-refractivity contribution >= 4 is 17.5 Å². The van der Waals surface area contributed by atoms with Crippen LogP contribution in [0.15, 0.2) is 48.5 Å². The summed E-state index contributed by atoms with van der Waals surface area (Å²) in [6.07, 6.45) is 0.0106.